The summed E-state index contributed by atoms with van der Waals surface area (Å²) in [6.45, 7) is 2.07. The Morgan fingerprint density at radius 3 is 2.70 bits per heavy atom. The summed E-state index contributed by atoms with van der Waals surface area (Å²) in [5.74, 6) is -0.284. The highest BCUT2D eigenvalue weighted by Crippen LogP contribution is 2.20. The van der Waals surface area contributed by atoms with Gasteiger partial charge in [0, 0.05) is 38.8 Å². The van der Waals surface area contributed by atoms with Crippen LogP contribution in [0.3, 0.4) is 0 Å². The van der Waals surface area contributed by atoms with Crippen LogP contribution in [0, 0.1) is 11.3 Å². The highest BCUT2D eigenvalue weighted by atomic mass is 16.5. The number of carbonyl (C=O) groups is 2. The van der Waals surface area contributed by atoms with E-state index in [9.17, 15) is 9.59 Å². The van der Waals surface area contributed by atoms with Crippen LogP contribution < -0.4 is 5.32 Å². The number of nitrogens with one attached hydrogen (secondary N) is 1. The first-order chi connectivity index (χ1) is 11.1. The molecule has 1 amide bonds. The lowest BCUT2D eigenvalue weighted by Crippen LogP contribution is -2.49. The van der Waals surface area contributed by atoms with Gasteiger partial charge in [-0.15, -0.1) is 0 Å². The van der Waals surface area contributed by atoms with Crippen molar-refractivity contribution in [1.82, 2.24) is 14.8 Å². The Morgan fingerprint density at radius 1 is 1.39 bits per heavy atom. The summed E-state index contributed by atoms with van der Waals surface area (Å²) in [7, 11) is 1.75. The molecule has 0 spiro atoms. The normalized spacial score (nSPS) is 22.6. The molecule has 2 saturated heterocycles. The van der Waals surface area contributed by atoms with Crippen LogP contribution in [0.15, 0.2) is 12.3 Å². The van der Waals surface area contributed by atoms with Crippen LogP contribution in [0.4, 0.5) is 0 Å². The van der Waals surface area contributed by atoms with E-state index in [1.54, 1.807) is 23.9 Å². The smallest absolute Gasteiger partial charge is 0.323 e. The molecule has 2 aliphatic rings. The third-order valence-corrected chi connectivity index (χ3v) is 4.58. The van der Waals surface area contributed by atoms with Crippen molar-refractivity contribution >= 4 is 11.9 Å². The molecule has 1 aromatic rings. The number of ether oxygens (including phenoxy) is 1. The second kappa shape index (κ2) is 6.42. The molecule has 0 bridgehead atoms. The van der Waals surface area contributed by atoms with Crippen molar-refractivity contribution in [1.29, 1.82) is 5.26 Å². The number of cyclic esters (lactones) is 1. The van der Waals surface area contributed by atoms with Gasteiger partial charge in [-0.05, 0) is 18.9 Å². The van der Waals surface area contributed by atoms with Crippen LogP contribution in [0.5, 0.6) is 0 Å². The minimum Gasteiger partial charge on any atom is -0.464 e. The Kier molecular flexibility index (Phi) is 4.35. The first kappa shape index (κ1) is 15.6. The van der Waals surface area contributed by atoms with E-state index in [2.05, 4.69) is 10.2 Å². The van der Waals surface area contributed by atoms with Crippen LogP contribution in [-0.4, -0.2) is 53.1 Å². The summed E-state index contributed by atoms with van der Waals surface area (Å²) in [5, 5.41) is 11.9. The van der Waals surface area contributed by atoms with Crippen LogP contribution in [0.25, 0.3) is 0 Å². The average Bonchev–Trinajstić information content (AvgIpc) is 3.14. The summed E-state index contributed by atoms with van der Waals surface area (Å²) in [6, 6.07) is 3.61. The summed E-state index contributed by atoms with van der Waals surface area (Å²) in [6.07, 6.45) is 4.02. The molecule has 7 nitrogen and oxygen atoms in total. The number of hydrogen-bond acceptors (Lipinski definition) is 5. The highest BCUT2D eigenvalue weighted by molar-refractivity contribution is 5.93. The molecule has 2 fully saturated rings. The van der Waals surface area contributed by atoms with Gasteiger partial charge in [-0.25, -0.2) is 0 Å². The fourth-order valence-electron chi connectivity index (χ4n) is 3.28. The Bertz CT molecular complexity index is 653. The summed E-state index contributed by atoms with van der Waals surface area (Å²) < 4.78 is 6.68. The predicted octanol–water partition coefficient (Wildman–Crippen LogP) is 0.406. The standard InChI is InChI=1S/C16H20N4O3/c1-19-10-11(9-17)8-14(19)15(21)18-12-2-5-20(6-3-12)13-4-7-23-16(13)22/h8,10,12-13H,2-7H2,1H3,(H,18,21). The fourth-order valence-corrected chi connectivity index (χ4v) is 3.28. The molecule has 1 aromatic heterocycles. The molecule has 2 aliphatic heterocycles. The van der Waals surface area contributed by atoms with Gasteiger partial charge in [-0.1, -0.05) is 0 Å². The highest BCUT2D eigenvalue weighted by Gasteiger charge is 2.34. The van der Waals surface area contributed by atoms with Crippen molar-refractivity contribution in [2.45, 2.75) is 31.3 Å². The molecule has 7 heteroatoms. The van der Waals surface area contributed by atoms with Crippen LogP contribution in [0.2, 0.25) is 0 Å². The Labute approximate surface area is 134 Å². The third-order valence-electron chi connectivity index (χ3n) is 4.58. The van der Waals surface area contributed by atoms with Gasteiger partial charge in [0.15, 0.2) is 0 Å². The van der Waals surface area contributed by atoms with Crippen molar-refractivity contribution in [3.8, 4) is 6.07 Å². The number of nitriles is 1. The lowest BCUT2D eigenvalue weighted by atomic mass is 10.0. The molecule has 1 unspecified atom stereocenters. The van der Waals surface area contributed by atoms with Gasteiger partial charge in [-0.2, -0.15) is 5.26 Å². The SMILES string of the molecule is Cn1cc(C#N)cc1C(=O)NC1CCN(C2CCOC2=O)CC1. The van der Waals surface area contributed by atoms with E-state index in [-0.39, 0.29) is 24.0 Å². The lowest BCUT2D eigenvalue weighted by Gasteiger charge is -2.34. The van der Waals surface area contributed by atoms with Crippen LogP contribution in [-0.2, 0) is 16.6 Å². The number of amides is 1. The maximum Gasteiger partial charge on any atom is 0.323 e. The van der Waals surface area contributed by atoms with Crippen molar-refractivity contribution < 1.29 is 14.3 Å². The van der Waals surface area contributed by atoms with Crippen molar-refractivity contribution in [3.05, 3.63) is 23.5 Å². The van der Waals surface area contributed by atoms with Gasteiger partial charge < -0.3 is 14.6 Å². The number of aryl methyl sites for hydroxylation is 1. The van der Waals surface area contributed by atoms with E-state index in [0.29, 0.717) is 17.9 Å². The molecule has 23 heavy (non-hydrogen) atoms. The topological polar surface area (TPSA) is 87.4 Å². The average molecular weight is 316 g/mol. The van der Waals surface area contributed by atoms with Crippen LogP contribution in [0.1, 0.15) is 35.3 Å². The molecule has 1 atom stereocenters. The van der Waals surface area contributed by atoms with Crippen molar-refractivity contribution in [3.63, 3.8) is 0 Å². The maximum atomic E-state index is 12.3. The molecule has 1 N–H and O–H groups in total. The van der Waals surface area contributed by atoms with Crippen molar-refractivity contribution in [2.24, 2.45) is 7.05 Å². The molecule has 0 saturated carbocycles. The second-order valence-corrected chi connectivity index (χ2v) is 6.09. The number of rotatable bonds is 3. The van der Waals surface area contributed by atoms with E-state index in [4.69, 9.17) is 10.00 Å². The van der Waals surface area contributed by atoms with Gasteiger partial charge in [0.05, 0.1) is 12.2 Å². The predicted molar refractivity (Wildman–Crippen MR) is 81.6 cm³/mol. The summed E-state index contributed by atoms with van der Waals surface area (Å²) in [5.41, 5.74) is 0.968. The minimum absolute atomic E-state index is 0.0941. The lowest BCUT2D eigenvalue weighted by molar-refractivity contribution is -0.142. The molecule has 0 radical (unpaired) electrons. The third kappa shape index (κ3) is 3.22. The second-order valence-electron chi connectivity index (χ2n) is 6.09. The van der Waals surface area contributed by atoms with Crippen molar-refractivity contribution in [2.75, 3.05) is 19.7 Å². The number of esters is 1. The quantitative estimate of drug-likeness (QED) is 0.816. The summed E-state index contributed by atoms with van der Waals surface area (Å²) >= 11 is 0. The minimum atomic E-state index is -0.160. The van der Waals surface area contributed by atoms with Gasteiger partial charge in [0.1, 0.15) is 17.8 Å². The first-order valence-electron chi connectivity index (χ1n) is 7.86. The molecule has 0 aliphatic carbocycles. The van der Waals surface area contributed by atoms with Crippen LogP contribution >= 0.6 is 0 Å². The van der Waals surface area contributed by atoms with Gasteiger partial charge in [0.2, 0.25) is 0 Å². The zero-order chi connectivity index (χ0) is 16.4. The molecule has 122 valence electrons. The van der Waals surface area contributed by atoms with E-state index in [1.807, 2.05) is 6.07 Å². The zero-order valence-electron chi connectivity index (χ0n) is 13.1. The van der Waals surface area contributed by atoms with Gasteiger partial charge in [-0.3, -0.25) is 14.5 Å². The molecular formula is C16H20N4O3. The van der Waals surface area contributed by atoms with Gasteiger partial charge in [0.25, 0.3) is 5.91 Å². The van der Waals surface area contributed by atoms with E-state index >= 15 is 0 Å². The number of hydrogen-bond donors (Lipinski definition) is 1. The number of aromatic nitrogens is 1. The molecule has 0 aromatic carbocycles. The van der Waals surface area contributed by atoms with E-state index in [0.717, 1.165) is 32.4 Å². The van der Waals surface area contributed by atoms with E-state index < -0.39 is 0 Å². The Morgan fingerprint density at radius 2 is 2.13 bits per heavy atom. The fraction of sp³-hybridized carbons (Fsp3) is 0.562. The zero-order valence-corrected chi connectivity index (χ0v) is 13.1. The number of likely N-dealkylation sites (tertiary alicyclic amines) is 1. The molecule has 3 heterocycles. The summed E-state index contributed by atoms with van der Waals surface area (Å²) in [4.78, 5) is 26.1. The number of carbonyl (C=O) groups excluding carboxylic acids is 2. The molecular weight excluding hydrogens is 296 g/mol. The van der Waals surface area contributed by atoms with Gasteiger partial charge >= 0.3 is 5.97 Å². The maximum absolute atomic E-state index is 12.3. The Hall–Kier alpha value is -2.33. The van der Waals surface area contributed by atoms with E-state index in [1.165, 1.54) is 0 Å². The largest absolute Gasteiger partial charge is 0.464 e. The molecule has 3 rings (SSSR count). The number of nitrogens with zero attached hydrogens (tertiary/aromatic N) is 3. The first-order valence-corrected chi connectivity index (χ1v) is 7.86. The number of piperidine rings is 1. The Balaban J connectivity index is 1.54. The monoisotopic (exact) mass is 316 g/mol.